The standard InChI is InChI=1S/C17H17ClN2O4S/c18-15-11-14(20-9-4-10-25(20,22)23)7-8-16(15)19-17(21)24-12-13-5-2-1-3-6-13/h1-3,5-8,11H,4,9-10,12H2,(H,19,21). The predicted molar refractivity (Wildman–Crippen MR) is 97.5 cm³/mol. The van der Waals surface area contributed by atoms with Gasteiger partial charge in [0.1, 0.15) is 6.61 Å². The Morgan fingerprint density at radius 3 is 2.60 bits per heavy atom. The number of anilines is 2. The van der Waals surface area contributed by atoms with Gasteiger partial charge in [-0.2, -0.15) is 0 Å². The third-order valence-corrected chi connectivity index (χ3v) is 5.97. The SMILES string of the molecule is O=C(Nc1ccc(N2CCCS2(=O)=O)cc1Cl)OCc1ccccc1. The van der Waals surface area contributed by atoms with Crippen molar-refractivity contribution in [1.29, 1.82) is 0 Å². The van der Waals surface area contributed by atoms with E-state index in [1.165, 1.54) is 10.4 Å². The Balaban J connectivity index is 1.64. The first kappa shape index (κ1) is 17.6. The normalized spacial score (nSPS) is 15.8. The number of ether oxygens (including phenoxy) is 1. The summed E-state index contributed by atoms with van der Waals surface area (Å²) in [5, 5.41) is 2.80. The maximum Gasteiger partial charge on any atom is 0.412 e. The molecule has 6 nitrogen and oxygen atoms in total. The molecule has 25 heavy (non-hydrogen) atoms. The first-order valence-corrected chi connectivity index (χ1v) is 9.72. The summed E-state index contributed by atoms with van der Waals surface area (Å²) < 4.78 is 30.4. The highest BCUT2D eigenvalue weighted by molar-refractivity contribution is 7.93. The number of amides is 1. The van der Waals surface area contributed by atoms with E-state index in [2.05, 4.69) is 5.32 Å². The summed E-state index contributed by atoms with van der Waals surface area (Å²) in [5.41, 5.74) is 1.73. The van der Waals surface area contributed by atoms with Gasteiger partial charge in [0.15, 0.2) is 0 Å². The first-order chi connectivity index (χ1) is 12.0. The van der Waals surface area contributed by atoms with E-state index in [9.17, 15) is 13.2 Å². The quantitative estimate of drug-likeness (QED) is 0.878. The number of nitrogens with one attached hydrogen (secondary N) is 1. The van der Waals surface area contributed by atoms with Gasteiger partial charge < -0.3 is 4.74 Å². The van der Waals surface area contributed by atoms with Gasteiger partial charge in [-0.1, -0.05) is 41.9 Å². The van der Waals surface area contributed by atoms with Gasteiger partial charge in [0.2, 0.25) is 10.0 Å². The molecule has 0 atom stereocenters. The van der Waals surface area contributed by atoms with Gasteiger partial charge in [-0.3, -0.25) is 9.62 Å². The van der Waals surface area contributed by atoms with Crippen LogP contribution in [0.2, 0.25) is 5.02 Å². The van der Waals surface area contributed by atoms with Gasteiger partial charge in [-0.25, -0.2) is 13.2 Å². The fraction of sp³-hybridized carbons (Fsp3) is 0.235. The van der Waals surface area contributed by atoms with E-state index in [0.717, 1.165) is 5.56 Å². The smallest absolute Gasteiger partial charge is 0.412 e. The maximum absolute atomic E-state index is 11.9. The number of benzene rings is 2. The van der Waals surface area contributed by atoms with Gasteiger partial charge in [0.25, 0.3) is 0 Å². The second kappa shape index (κ2) is 7.33. The molecule has 0 saturated carbocycles. The van der Waals surface area contributed by atoms with Crippen molar-refractivity contribution in [3.05, 3.63) is 59.1 Å². The molecule has 1 amide bonds. The lowest BCUT2D eigenvalue weighted by Gasteiger charge is -2.18. The minimum Gasteiger partial charge on any atom is -0.444 e. The summed E-state index contributed by atoms with van der Waals surface area (Å²) in [7, 11) is -3.27. The van der Waals surface area contributed by atoms with Crippen molar-refractivity contribution >= 4 is 39.1 Å². The zero-order valence-electron chi connectivity index (χ0n) is 13.3. The summed E-state index contributed by atoms with van der Waals surface area (Å²) in [4.78, 5) is 11.9. The molecular formula is C17H17ClN2O4S. The molecule has 0 aliphatic carbocycles. The average molecular weight is 381 g/mol. The Labute approximate surface area is 151 Å². The molecule has 1 heterocycles. The molecular weight excluding hydrogens is 364 g/mol. The highest BCUT2D eigenvalue weighted by atomic mass is 35.5. The van der Waals surface area contributed by atoms with Crippen LogP contribution in [-0.4, -0.2) is 26.8 Å². The Morgan fingerprint density at radius 2 is 1.96 bits per heavy atom. The van der Waals surface area contributed by atoms with E-state index in [0.29, 0.717) is 24.3 Å². The highest BCUT2D eigenvalue weighted by Crippen LogP contribution is 2.31. The van der Waals surface area contributed by atoms with Crippen molar-refractivity contribution in [2.24, 2.45) is 0 Å². The monoisotopic (exact) mass is 380 g/mol. The highest BCUT2D eigenvalue weighted by Gasteiger charge is 2.28. The number of hydrogen-bond acceptors (Lipinski definition) is 4. The lowest BCUT2D eigenvalue weighted by molar-refractivity contribution is 0.155. The van der Waals surface area contributed by atoms with Crippen molar-refractivity contribution in [1.82, 2.24) is 0 Å². The van der Waals surface area contributed by atoms with Crippen LogP contribution >= 0.6 is 11.6 Å². The molecule has 1 N–H and O–H groups in total. The van der Waals surface area contributed by atoms with Crippen molar-refractivity contribution < 1.29 is 17.9 Å². The fourth-order valence-corrected chi connectivity index (χ4v) is 4.34. The zero-order chi connectivity index (χ0) is 17.9. The van der Waals surface area contributed by atoms with Crippen LogP contribution in [0.1, 0.15) is 12.0 Å². The van der Waals surface area contributed by atoms with Crippen molar-refractivity contribution in [3.8, 4) is 0 Å². The van der Waals surface area contributed by atoms with Crippen LogP contribution in [0.5, 0.6) is 0 Å². The molecule has 8 heteroatoms. The molecule has 3 rings (SSSR count). The van der Waals surface area contributed by atoms with Crippen LogP contribution < -0.4 is 9.62 Å². The number of nitrogens with zero attached hydrogens (tertiary/aromatic N) is 1. The summed E-state index contributed by atoms with van der Waals surface area (Å²) in [6.07, 6.45) is -0.0431. The number of hydrogen-bond donors (Lipinski definition) is 1. The minimum atomic E-state index is -3.27. The van der Waals surface area contributed by atoms with E-state index in [-0.39, 0.29) is 17.4 Å². The second-order valence-corrected chi connectivity index (χ2v) is 8.01. The molecule has 0 radical (unpaired) electrons. The first-order valence-electron chi connectivity index (χ1n) is 7.73. The van der Waals surface area contributed by atoms with Crippen LogP contribution in [0.15, 0.2) is 48.5 Å². The second-order valence-electron chi connectivity index (χ2n) is 5.59. The Kier molecular flexibility index (Phi) is 5.15. The van der Waals surface area contributed by atoms with Crippen molar-refractivity contribution in [2.45, 2.75) is 13.0 Å². The third-order valence-electron chi connectivity index (χ3n) is 3.79. The van der Waals surface area contributed by atoms with E-state index in [4.69, 9.17) is 16.3 Å². The minimum absolute atomic E-state index is 0.135. The maximum atomic E-state index is 11.9. The summed E-state index contributed by atoms with van der Waals surface area (Å²) >= 11 is 6.17. The van der Waals surface area contributed by atoms with Gasteiger partial charge in [0, 0.05) is 6.54 Å². The van der Waals surface area contributed by atoms with Crippen LogP contribution in [-0.2, 0) is 21.4 Å². The Hall–Kier alpha value is -2.25. The van der Waals surface area contributed by atoms with Crippen LogP contribution in [0, 0.1) is 0 Å². The molecule has 2 aromatic carbocycles. The van der Waals surface area contributed by atoms with Crippen molar-refractivity contribution in [3.63, 3.8) is 0 Å². The van der Waals surface area contributed by atoms with Gasteiger partial charge >= 0.3 is 6.09 Å². The molecule has 1 aliphatic heterocycles. The Morgan fingerprint density at radius 1 is 1.20 bits per heavy atom. The third kappa shape index (κ3) is 4.24. The molecule has 1 aliphatic rings. The average Bonchev–Trinajstić information content (AvgIpc) is 2.95. The van der Waals surface area contributed by atoms with E-state index >= 15 is 0 Å². The Bertz CT molecular complexity index is 871. The number of sulfonamides is 1. The van der Waals surface area contributed by atoms with E-state index < -0.39 is 16.1 Å². The zero-order valence-corrected chi connectivity index (χ0v) is 14.9. The molecule has 0 aromatic heterocycles. The van der Waals surface area contributed by atoms with Crippen LogP contribution in [0.3, 0.4) is 0 Å². The number of halogens is 1. The number of rotatable bonds is 4. The largest absolute Gasteiger partial charge is 0.444 e. The molecule has 0 unspecified atom stereocenters. The van der Waals surface area contributed by atoms with Crippen LogP contribution in [0.25, 0.3) is 0 Å². The fourth-order valence-electron chi connectivity index (χ4n) is 2.56. The summed E-state index contributed by atoms with van der Waals surface area (Å²) in [6.45, 7) is 0.582. The summed E-state index contributed by atoms with van der Waals surface area (Å²) in [5.74, 6) is 0.135. The van der Waals surface area contributed by atoms with Crippen LogP contribution in [0.4, 0.5) is 16.2 Å². The molecule has 1 fully saturated rings. The molecule has 0 bridgehead atoms. The molecule has 132 valence electrons. The van der Waals surface area contributed by atoms with E-state index in [1.54, 1.807) is 12.1 Å². The number of carbonyl (C=O) groups is 1. The lowest BCUT2D eigenvalue weighted by Crippen LogP contribution is -2.25. The van der Waals surface area contributed by atoms with Gasteiger partial charge in [0.05, 0.1) is 22.2 Å². The number of carbonyl (C=O) groups excluding carboxylic acids is 1. The molecule has 1 saturated heterocycles. The predicted octanol–water partition coefficient (Wildman–Crippen LogP) is 3.63. The van der Waals surface area contributed by atoms with Crippen molar-refractivity contribution in [2.75, 3.05) is 21.9 Å². The van der Waals surface area contributed by atoms with E-state index in [1.807, 2.05) is 30.3 Å². The topological polar surface area (TPSA) is 75.7 Å². The van der Waals surface area contributed by atoms with Gasteiger partial charge in [-0.05, 0) is 30.2 Å². The molecule has 2 aromatic rings. The van der Waals surface area contributed by atoms with Gasteiger partial charge in [-0.15, -0.1) is 0 Å². The molecule has 0 spiro atoms. The lowest BCUT2D eigenvalue weighted by atomic mass is 10.2. The summed E-state index contributed by atoms with van der Waals surface area (Å²) in [6, 6.07) is 14.0.